The first kappa shape index (κ1) is 18.9. The monoisotopic (exact) mass is 383 g/mol. The van der Waals surface area contributed by atoms with Crippen LogP contribution in [0.4, 0.5) is 0 Å². The van der Waals surface area contributed by atoms with E-state index in [1.165, 1.54) is 22.3 Å². The second-order valence-electron chi connectivity index (χ2n) is 7.33. The van der Waals surface area contributed by atoms with Gasteiger partial charge in [0.05, 0.1) is 11.0 Å². The van der Waals surface area contributed by atoms with Crippen molar-refractivity contribution in [2.45, 2.75) is 27.3 Å². The number of fused-ring (bicyclic) bond motifs is 1. The van der Waals surface area contributed by atoms with E-state index in [4.69, 9.17) is 4.98 Å². The summed E-state index contributed by atoms with van der Waals surface area (Å²) in [7, 11) is 1.64. The molecule has 1 amide bonds. The van der Waals surface area contributed by atoms with E-state index in [1.54, 1.807) is 7.05 Å². The van der Waals surface area contributed by atoms with E-state index in [0.29, 0.717) is 5.56 Å². The smallest absolute Gasteiger partial charge is 0.251 e. The fourth-order valence-electron chi connectivity index (χ4n) is 3.90. The fourth-order valence-corrected chi connectivity index (χ4v) is 3.90. The third-order valence-corrected chi connectivity index (χ3v) is 5.41. The van der Waals surface area contributed by atoms with Gasteiger partial charge in [-0.15, -0.1) is 0 Å². The van der Waals surface area contributed by atoms with Crippen LogP contribution in [0.3, 0.4) is 0 Å². The van der Waals surface area contributed by atoms with Crippen molar-refractivity contribution in [2.75, 3.05) is 7.05 Å². The van der Waals surface area contributed by atoms with Crippen molar-refractivity contribution in [2.24, 2.45) is 0 Å². The largest absolute Gasteiger partial charge is 0.355 e. The lowest BCUT2D eigenvalue weighted by Gasteiger charge is -2.14. The molecule has 4 aromatic rings. The number of carbonyl (C=O) groups excluding carboxylic acids is 1. The Bertz CT molecular complexity index is 1200. The van der Waals surface area contributed by atoms with E-state index in [0.717, 1.165) is 29.0 Å². The summed E-state index contributed by atoms with van der Waals surface area (Å²) in [4.78, 5) is 17.0. The molecule has 146 valence electrons. The summed E-state index contributed by atoms with van der Waals surface area (Å²) in [6.07, 6.45) is 0. The molecule has 4 heteroatoms. The Morgan fingerprint density at radius 2 is 1.79 bits per heavy atom. The zero-order valence-corrected chi connectivity index (χ0v) is 17.3. The molecular formula is C25H25N3O. The van der Waals surface area contributed by atoms with E-state index in [9.17, 15) is 4.79 Å². The van der Waals surface area contributed by atoms with Crippen LogP contribution in [0.5, 0.6) is 0 Å². The summed E-state index contributed by atoms with van der Waals surface area (Å²) in [5.41, 5.74) is 8.43. The molecule has 0 bridgehead atoms. The molecule has 1 heterocycles. The van der Waals surface area contributed by atoms with Crippen molar-refractivity contribution in [1.29, 1.82) is 0 Å². The van der Waals surface area contributed by atoms with Crippen molar-refractivity contribution in [3.63, 3.8) is 0 Å². The molecule has 0 fully saturated rings. The van der Waals surface area contributed by atoms with Crippen LogP contribution >= 0.6 is 0 Å². The van der Waals surface area contributed by atoms with Crippen LogP contribution in [-0.4, -0.2) is 22.5 Å². The molecule has 0 spiro atoms. The molecule has 29 heavy (non-hydrogen) atoms. The Kier molecular flexibility index (Phi) is 4.93. The van der Waals surface area contributed by atoms with Gasteiger partial charge in [-0.2, -0.15) is 0 Å². The Balaban J connectivity index is 1.96. The lowest BCUT2D eigenvalue weighted by atomic mass is 9.94. The molecule has 0 aliphatic rings. The maximum Gasteiger partial charge on any atom is 0.251 e. The minimum atomic E-state index is -0.101. The standard InChI is InChI=1S/C25H25N3O/c1-5-28-22-14-13-19(25(29)26-4)15-21(22)27-24(28)20-8-6-7-17(3)23(20)18-11-9-16(2)10-12-18/h6-15H,5H2,1-4H3,(H,26,29). The van der Waals surface area contributed by atoms with Crippen LogP contribution in [0.1, 0.15) is 28.4 Å². The highest BCUT2D eigenvalue weighted by atomic mass is 16.1. The molecule has 0 unspecified atom stereocenters. The molecule has 0 aliphatic carbocycles. The van der Waals surface area contributed by atoms with Crippen molar-refractivity contribution < 1.29 is 4.79 Å². The van der Waals surface area contributed by atoms with Gasteiger partial charge in [0.2, 0.25) is 0 Å². The van der Waals surface area contributed by atoms with Gasteiger partial charge in [0, 0.05) is 24.7 Å². The second-order valence-corrected chi connectivity index (χ2v) is 7.33. The molecule has 0 aliphatic heterocycles. The van der Waals surface area contributed by atoms with Gasteiger partial charge in [-0.3, -0.25) is 4.79 Å². The van der Waals surface area contributed by atoms with Gasteiger partial charge in [0.1, 0.15) is 5.82 Å². The highest BCUT2D eigenvalue weighted by Gasteiger charge is 2.18. The van der Waals surface area contributed by atoms with Crippen molar-refractivity contribution in [3.05, 3.63) is 77.4 Å². The van der Waals surface area contributed by atoms with E-state index in [2.05, 4.69) is 73.1 Å². The first-order valence-corrected chi connectivity index (χ1v) is 9.93. The number of hydrogen-bond acceptors (Lipinski definition) is 2. The highest BCUT2D eigenvalue weighted by Crippen LogP contribution is 2.36. The number of nitrogens with zero attached hydrogens (tertiary/aromatic N) is 2. The fraction of sp³-hybridized carbons (Fsp3) is 0.200. The molecule has 0 atom stereocenters. The van der Waals surface area contributed by atoms with E-state index < -0.39 is 0 Å². The summed E-state index contributed by atoms with van der Waals surface area (Å²) in [5, 5.41) is 2.68. The number of amides is 1. The Labute approximate surface area is 171 Å². The van der Waals surface area contributed by atoms with Gasteiger partial charge < -0.3 is 9.88 Å². The summed E-state index contributed by atoms with van der Waals surface area (Å²) in [6.45, 7) is 7.16. The topological polar surface area (TPSA) is 46.9 Å². The van der Waals surface area contributed by atoms with Crippen LogP contribution in [0.15, 0.2) is 60.7 Å². The van der Waals surface area contributed by atoms with Gasteiger partial charge in [0.25, 0.3) is 5.91 Å². The van der Waals surface area contributed by atoms with Crippen molar-refractivity contribution >= 4 is 16.9 Å². The lowest BCUT2D eigenvalue weighted by Crippen LogP contribution is -2.17. The summed E-state index contributed by atoms with van der Waals surface area (Å²) in [6, 6.07) is 20.7. The van der Waals surface area contributed by atoms with Crippen LogP contribution in [0.25, 0.3) is 33.5 Å². The highest BCUT2D eigenvalue weighted by molar-refractivity contribution is 5.98. The van der Waals surface area contributed by atoms with Gasteiger partial charge in [-0.05, 0) is 55.7 Å². The quantitative estimate of drug-likeness (QED) is 0.515. The van der Waals surface area contributed by atoms with E-state index in [1.807, 2.05) is 18.2 Å². The van der Waals surface area contributed by atoms with Crippen LogP contribution in [0.2, 0.25) is 0 Å². The van der Waals surface area contributed by atoms with Gasteiger partial charge >= 0.3 is 0 Å². The molecule has 0 saturated carbocycles. The summed E-state index contributed by atoms with van der Waals surface area (Å²) in [5.74, 6) is 0.825. The van der Waals surface area contributed by atoms with Gasteiger partial charge in [-0.1, -0.05) is 48.0 Å². The molecule has 4 rings (SSSR count). The Morgan fingerprint density at radius 1 is 1.03 bits per heavy atom. The average Bonchev–Trinajstić information content (AvgIpc) is 3.11. The normalized spacial score (nSPS) is 11.0. The number of aryl methyl sites for hydroxylation is 3. The van der Waals surface area contributed by atoms with Gasteiger partial charge in [-0.25, -0.2) is 4.98 Å². The third kappa shape index (κ3) is 3.31. The number of aromatic nitrogens is 2. The van der Waals surface area contributed by atoms with E-state index >= 15 is 0 Å². The Hall–Kier alpha value is -3.40. The predicted octanol–water partition coefficient (Wildman–Crippen LogP) is 5.37. The van der Waals surface area contributed by atoms with Crippen molar-refractivity contribution in [1.82, 2.24) is 14.9 Å². The van der Waals surface area contributed by atoms with E-state index in [-0.39, 0.29) is 5.91 Å². The van der Waals surface area contributed by atoms with Crippen LogP contribution in [0, 0.1) is 13.8 Å². The predicted molar refractivity (Wildman–Crippen MR) is 119 cm³/mol. The second kappa shape index (κ2) is 7.55. The maximum atomic E-state index is 12.1. The minimum absolute atomic E-state index is 0.101. The number of benzene rings is 3. The first-order chi connectivity index (χ1) is 14.0. The zero-order valence-electron chi connectivity index (χ0n) is 17.3. The number of imidazole rings is 1. The molecule has 3 aromatic carbocycles. The first-order valence-electron chi connectivity index (χ1n) is 9.93. The van der Waals surface area contributed by atoms with Gasteiger partial charge in [0.15, 0.2) is 0 Å². The zero-order chi connectivity index (χ0) is 20.5. The SMILES string of the molecule is CCn1c(-c2cccc(C)c2-c2ccc(C)cc2)nc2cc(C(=O)NC)ccc21. The average molecular weight is 383 g/mol. The van der Waals surface area contributed by atoms with Crippen LogP contribution in [-0.2, 0) is 6.54 Å². The summed E-state index contributed by atoms with van der Waals surface area (Å²) < 4.78 is 2.22. The number of hydrogen-bond donors (Lipinski definition) is 1. The number of nitrogens with one attached hydrogen (secondary N) is 1. The third-order valence-electron chi connectivity index (χ3n) is 5.41. The van der Waals surface area contributed by atoms with Crippen molar-refractivity contribution in [3.8, 4) is 22.5 Å². The molecule has 1 N–H and O–H groups in total. The molecule has 1 aromatic heterocycles. The number of carbonyl (C=O) groups is 1. The molecule has 4 nitrogen and oxygen atoms in total. The summed E-state index contributed by atoms with van der Waals surface area (Å²) >= 11 is 0. The molecule has 0 radical (unpaired) electrons. The lowest BCUT2D eigenvalue weighted by molar-refractivity contribution is 0.0963. The van der Waals surface area contributed by atoms with Crippen LogP contribution < -0.4 is 5.32 Å². The molecule has 0 saturated heterocycles. The minimum Gasteiger partial charge on any atom is -0.355 e. The Morgan fingerprint density at radius 3 is 2.48 bits per heavy atom. The number of rotatable bonds is 4. The maximum absolute atomic E-state index is 12.1. The molecular weight excluding hydrogens is 358 g/mol.